The number of nitrogens with zero attached hydrogens (tertiary/aromatic N) is 1. The molecule has 0 radical (unpaired) electrons. The number of methoxy groups -OCH3 is 1. The van der Waals surface area contributed by atoms with E-state index in [0.717, 1.165) is 13.1 Å². The molecule has 2 fully saturated rings. The maximum atomic E-state index is 12.7. The van der Waals surface area contributed by atoms with Crippen molar-refractivity contribution < 1.29 is 17.9 Å². The zero-order chi connectivity index (χ0) is 15.9. The molecular formula is C14H17ClN2O4S. The van der Waals surface area contributed by atoms with Crippen LogP contribution in [0.25, 0.3) is 0 Å². The fraction of sp³-hybridized carbons (Fsp3) is 0.500. The number of carbonyl (C=O) groups excluding carboxylic acids is 1. The fourth-order valence-electron chi connectivity index (χ4n) is 3.09. The zero-order valence-corrected chi connectivity index (χ0v) is 13.7. The van der Waals surface area contributed by atoms with Crippen LogP contribution in [0, 0.1) is 11.8 Å². The molecule has 1 N–H and O–H groups in total. The van der Waals surface area contributed by atoms with Crippen LogP contribution >= 0.6 is 11.6 Å². The molecule has 2 saturated heterocycles. The molecule has 0 aliphatic carbocycles. The number of benzene rings is 1. The summed E-state index contributed by atoms with van der Waals surface area (Å²) in [5.41, 5.74) is 0.158. The Balaban J connectivity index is 1.87. The van der Waals surface area contributed by atoms with E-state index >= 15 is 0 Å². The second-order valence-corrected chi connectivity index (χ2v) is 7.98. The Kier molecular flexibility index (Phi) is 4.15. The van der Waals surface area contributed by atoms with Gasteiger partial charge in [-0.2, -0.15) is 4.31 Å². The van der Waals surface area contributed by atoms with Gasteiger partial charge in [0.25, 0.3) is 0 Å². The van der Waals surface area contributed by atoms with Gasteiger partial charge in [0.2, 0.25) is 10.0 Å². The predicted octanol–water partition coefficient (Wildman–Crippen LogP) is 0.967. The topological polar surface area (TPSA) is 75.7 Å². The van der Waals surface area contributed by atoms with Gasteiger partial charge in [0.05, 0.1) is 22.6 Å². The first kappa shape index (κ1) is 15.7. The lowest BCUT2D eigenvalue weighted by molar-refractivity contribution is 0.0601. The van der Waals surface area contributed by atoms with Crippen LogP contribution < -0.4 is 5.32 Å². The summed E-state index contributed by atoms with van der Waals surface area (Å²) >= 11 is 6.02. The quantitative estimate of drug-likeness (QED) is 0.827. The highest BCUT2D eigenvalue weighted by atomic mass is 35.5. The van der Waals surface area contributed by atoms with Gasteiger partial charge in [-0.05, 0) is 43.1 Å². The molecule has 3 rings (SSSR count). The summed E-state index contributed by atoms with van der Waals surface area (Å²) in [6.07, 6.45) is 0. The monoisotopic (exact) mass is 344 g/mol. The molecule has 6 nitrogen and oxygen atoms in total. The molecule has 22 heavy (non-hydrogen) atoms. The van der Waals surface area contributed by atoms with Gasteiger partial charge in [-0.15, -0.1) is 0 Å². The largest absolute Gasteiger partial charge is 0.465 e. The molecule has 2 atom stereocenters. The highest BCUT2D eigenvalue weighted by Gasteiger charge is 2.41. The number of carbonyl (C=O) groups is 1. The van der Waals surface area contributed by atoms with E-state index in [4.69, 9.17) is 11.6 Å². The van der Waals surface area contributed by atoms with E-state index in [2.05, 4.69) is 10.1 Å². The van der Waals surface area contributed by atoms with Gasteiger partial charge < -0.3 is 10.1 Å². The van der Waals surface area contributed by atoms with Crippen molar-refractivity contribution >= 4 is 27.6 Å². The molecule has 0 bridgehead atoms. The van der Waals surface area contributed by atoms with Crippen molar-refractivity contribution in [3.63, 3.8) is 0 Å². The van der Waals surface area contributed by atoms with Gasteiger partial charge in [-0.1, -0.05) is 11.6 Å². The number of hydrogen-bond donors (Lipinski definition) is 1. The molecule has 2 aliphatic rings. The summed E-state index contributed by atoms with van der Waals surface area (Å²) in [6.45, 7) is 2.77. The number of rotatable bonds is 3. The number of esters is 1. The molecule has 0 aromatic heterocycles. The predicted molar refractivity (Wildman–Crippen MR) is 81.4 cm³/mol. The van der Waals surface area contributed by atoms with E-state index in [1.807, 2.05) is 0 Å². The smallest absolute Gasteiger partial charge is 0.339 e. The Bertz CT molecular complexity index is 695. The van der Waals surface area contributed by atoms with E-state index in [9.17, 15) is 13.2 Å². The molecule has 2 aliphatic heterocycles. The molecule has 0 unspecified atom stereocenters. The van der Waals surface area contributed by atoms with Crippen LogP contribution in [0.1, 0.15) is 10.4 Å². The first-order valence-corrected chi connectivity index (χ1v) is 8.84. The van der Waals surface area contributed by atoms with Gasteiger partial charge in [0, 0.05) is 13.1 Å². The Morgan fingerprint density at radius 1 is 1.32 bits per heavy atom. The lowest BCUT2D eigenvalue weighted by Crippen LogP contribution is -2.32. The lowest BCUT2D eigenvalue weighted by Gasteiger charge is -2.18. The molecule has 0 spiro atoms. The molecule has 1 aromatic carbocycles. The Morgan fingerprint density at radius 2 is 1.95 bits per heavy atom. The van der Waals surface area contributed by atoms with Gasteiger partial charge in [-0.25, -0.2) is 13.2 Å². The number of fused-ring (bicyclic) bond motifs is 1. The lowest BCUT2D eigenvalue weighted by atomic mass is 10.0. The van der Waals surface area contributed by atoms with Crippen molar-refractivity contribution in [3.8, 4) is 0 Å². The average Bonchev–Trinajstić information content (AvgIpc) is 3.07. The normalized spacial score (nSPS) is 25.2. The Hall–Kier alpha value is -1.15. The van der Waals surface area contributed by atoms with Crippen molar-refractivity contribution in [1.82, 2.24) is 9.62 Å². The summed E-state index contributed by atoms with van der Waals surface area (Å²) in [5, 5.41) is 3.36. The molecule has 0 saturated carbocycles. The third-order valence-electron chi connectivity index (χ3n) is 4.34. The Morgan fingerprint density at radius 3 is 2.50 bits per heavy atom. The second-order valence-electron chi connectivity index (χ2n) is 5.63. The van der Waals surface area contributed by atoms with Crippen LogP contribution in [0.2, 0.25) is 5.02 Å². The molecule has 2 heterocycles. The first-order valence-electron chi connectivity index (χ1n) is 7.02. The van der Waals surface area contributed by atoms with Gasteiger partial charge >= 0.3 is 5.97 Å². The number of sulfonamides is 1. The first-order chi connectivity index (χ1) is 10.4. The summed E-state index contributed by atoms with van der Waals surface area (Å²) in [7, 11) is -2.33. The van der Waals surface area contributed by atoms with Crippen LogP contribution in [0.15, 0.2) is 23.1 Å². The van der Waals surface area contributed by atoms with Crippen LogP contribution in [0.3, 0.4) is 0 Å². The summed E-state index contributed by atoms with van der Waals surface area (Å²) < 4.78 is 31.5. The van der Waals surface area contributed by atoms with E-state index in [0.29, 0.717) is 24.9 Å². The minimum atomic E-state index is -3.58. The molecule has 1 aromatic rings. The van der Waals surface area contributed by atoms with Crippen LogP contribution in [-0.4, -0.2) is 52.0 Å². The van der Waals surface area contributed by atoms with E-state index in [-0.39, 0.29) is 15.5 Å². The van der Waals surface area contributed by atoms with Crippen LogP contribution in [0.4, 0.5) is 0 Å². The molecular weight excluding hydrogens is 328 g/mol. The van der Waals surface area contributed by atoms with Crippen LogP contribution in [-0.2, 0) is 14.8 Å². The minimum Gasteiger partial charge on any atom is -0.465 e. The second kappa shape index (κ2) is 5.81. The van der Waals surface area contributed by atoms with Crippen molar-refractivity contribution in [1.29, 1.82) is 0 Å². The maximum absolute atomic E-state index is 12.7. The van der Waals surface area contributed by atoms with Crippen molar-refractivity contribution in [2.45, 2.75) is 4.90 Å². The van der Waals surface area contributed by atoms with Crippen molar-refractivity contribution in [2.24, 2.45) is 11.8 Å². The third-order valence-corrected chi connectivity index (χ3v) is 6.48. The SMILES string of the molecule is COC(=O)c1ccc(S(=O)(=O)N2C[C@H]3CNC[C@H]3C2)cc1Cl. The molecule has 0 amide bonds. The Labute approximate surface area is 134 Å². The summed E-state index contributed by atoms with van der Waals surface area (Å²) in [4.78, 5) is 11.6. The van der Waals surface area contributed by atoms with E-state index in [1.165, 1.54) is 29.6 Å². The zero-order valence-electron chi connectivity index (χ0n) is 12.1. The highest BCUT2D eigenvalue weighted by Crippen LogP contribution is 2.32. The average molecular weight is 345 g/mol. The number of ether oxygens (including phenoxy) is 1. The van der Waals surface area contributed by atoms with Gasteiger partial charge in [0.1, 0.15) is 0 Å². The maximum Gasteiger partial charge on any atom is 0.339 e. The molecule has 120 valence electrons. The van der Waals surface area contributed by atoms with Crippen molar-refractivity contribution in [3.05, 3.63) is 28.8 Å². The minimum absolute atomic E-state index is 0.0778. The van der Waals surface area contributed by atoms with E-state index < -0.39 is 16.0 Å². The van der Waals surface area contributed by atoms with E-state index in [1.54, 1.807) is 0 Å². The number of nitrogens with one attached hydrogen (secondary N) is 1. The highest BCUT2D eigenvalue weighted by molar-refractivity contribution is 7.89. The standard InChI is InChI=1S/C14H17ClN2O4S/c1-21-14(18)12-3-2-11(4-13(12)15)22(19,20)17-7-9-5-16-6-10(9)8-17/h2-4,9-10,16H,5-8H2,1H3/t9-,10+. The molecule has 8 heteroatoms. The van der Waals surface area contributed by atoms with Crippen molar-refractivity contribution in [2.75, 3.05) is 33.3 Å². The summed E-state index contributed by atoms with van der Waals surface area (Å²) in [5.74, 6) is 0.162. The van der Waals surface area contributed by atoms with Gasteiger partial charge in [-0.3, -0.25) is 0 Å². The number of hydrogen-bond acceptors (Lipinski definition) is 5. The fourth-order valence-corrected chi connectivity index (χ4v) is 4.99. The van der Waals surface area contributed by atoms with Crippen LogP contribution in [0.5, 0.6) is 0 Å². The third kappa shape index (κ3) is 2.62. The summed E-state index contributed by atoms with van der Waals surface area (Å²) in [6, 6.07) is 4.11. The van der Waals surface area contributed by atoms with Gasteiger partial charge in [0.15, 0.2) is 0 Å². The number of halogens is 1.